The normalized spacial score (nSPS) is 18.3. The fourth-order valence-electron chi connectivity index (χ4n) is 3.21. The summed E-state index contributed by atoms with van der Waals surface area (Å²) in [4.78, 5) is 7.22. The van der Waals surface area contributed by atoms with E-state index in [1.807, 2.05) is 0 Å². The zero-order valence-electron chi connectivity index (χ0n) is 13.3. The van der Waals surface area contributed by atoms with Gasteiger partial charge in [-0.1, -0.05) is 48.5 Å². The lowest BCUT2D eigenvalue weighted by molar-refractivity contribution is 0.0529. The molecule has 4 rings (SSSR count). The molecule has 1 saturated heterocycles. The van der Waals surface area contributed by atoms with Crippen LogP contribution in [0.5, 0.6) is 0 Å². The molecule has 0 amide bonds. The molecular weight excluding hydrogens is 284 g/mol. The lowest BCUT2D eigenvalue weighted by atomic mass is 10.0. The summed E-state index contributed by atoms with van der Waals surface area (Å²) in [6, 6.07) is 21.1. The van der Waals surface area contributed by atoms with Gasteiger partial charge in [0.2, 0.25) is 0 Å². The Kier molecular flexibility index (Phi) is 3.72. The molecule has 23 heavy (non-hydrogen) atoms. The number of morpholine rings is 1. The average Bonchev–Trinajstić information content (AvgIpc) is 2.61. The number of pyridine rings is 1. The number of rotatable bonds is 2. The molecular formula is C20H20N2O. The van der Waals surface area contributed by atoms with E-state index in [4.69, 9.17) is 9.72 Å². The van der Waals surface area contributed by atoms with E-state index in [0.29, 0.717) is 0 Å². The zero-order valence-corrected chi connectivity index (χ0v) is 13.3. The molecule has 0 unspecified atom stereocenters. The Morgan fingerprint density at radius 3 is 2.65 bits per heavy atom. The Morgan fingerprint density at radius 1 is 1.04 bits per heavy atom. The van der Waals surface area contributed by atoms with Gasteiger partial charge in [0.15, 0.2) is 0 Å². The van der Waals surface area contributed by atoms with E-state index in [1.165, 1.54) is 16.5 Å². The summed E-state index contributed by atoms with van der Waals surface area (Å²) >= 11 is 0. The van der Waals surface area contributed by atoms with Gasteiger partial charge in [-0.05, 0) is 30.2 Å². The van der Waals surface area contributed by atoms with Gasteiger partial charge < -0.3 is 9.64 Å². The molecule has 3 nitrogen and oxygen atoms in total. The topological polar surface area (TPSA) is 25.4 Å². The molecule has 1 fully saturated rings. The van der Waals surface area contributed by atoms with Crippen molar-refractivity contribution in [2.45, 2.75) is 13.0 Å². The highest BCUT2D eigenvalue weighted by Gasteiger charge is 2.19. The minimum atomic E-state index is 0.247. The van der Waals surface area contributed by atoms with Crippen LogP contribution in [0.25, 0.3) is 22.0 Å². The highest BCUT2D eigenvalue weighted by molar-refractivity contribution is 5.96. The molecule has 3 heteroatoms. The van der Waals surface area contributed by atoms with Gasteiger partial charge in [0.1, 0.15) is 5.82 Å². The number of benzene rings is 2. The number of para-hydroxylation sites is 1. The molecule has 2 heterocycles. The van der Waals surface area contributed by atoms with Crippen molar-refractivity contribution in [1.29, 1.82) is 0 Å². The zero-order chi connectivity index (χ0) is 15.6. The standard InChI is InChI=1S/C20H20N2O/c1-15-14-22(11-12-23-15)20-13-18(16-7-3-2-4-8-16)17-9-5-6-10-19(17)21-20/h2-10,13,15H,11-12,14H2,1H3/t15-/m1/s1. The summed E-state index contributed by atoms with van der Waals surface area (Å²) < 4.78 is 5.66. The van der Waals surface area contributed by atoms with E-state index >= 15 is 0 Å². The fourth-order valence-corrected chi connectivity index (χ4v) is 3.21. The molecule has 0 radical (unpaired) electrons. The highest BCUT2D eigenvalue weighted by Crippen LogP contribution is 2.31. The summed E-state index contributed by atoms with van der Waals surface area (Å²) in [7, 11) is 0. The van der Waals surface area contributed by atoms with Gasteiger partial charge in [0, 0.05) is 18.5 Å². The first-order chi connectivity index (χ1) is 11.3. The lowest BCUT2D eigenvalue weighted by Gasteiger charge is -2.32. The minimum Gasteiger partial charge on any atom is -0.375 e. The molecule has 1 aromatic heterocycles. The molecule has 0 aliphatic carbocycles. The molecule has 0 bridgehead atoms. The maximum atomic E-state index is 5.66. The van der Waals surface area contributed by atoms with Crippen LogP contribution >= 0.6 is 0 Å². The van der Waals surface area contributed by atoms with E-state index in [-0.39, 0.29) is 6.10 Å². The molecule has 116 valence electrons. The van der Waals surface area contributed by atoms with Crippen LogP contribution in [0.2, 0.25) is 0 Å². The predicted octanol–water partition coefficient (Wildman–Crippen LogP) is 4.13. The number of hydrogen-bond acceptors (Lipinski definition) is 3. The van der Waals surface area contributed by atoms with Crippen LogP contribution in [0.4, 0.5) is 5.82 Å². The molecule has 0 N–H and O–H groups in total. The first kappa shape index (κ1) is 14.2. The third-order valence-electron chi connectivity index (χ3n) is 4.35. The molecule has 1 atom stereocenters. The Hall–Kier alpha value is -2.39. The Labute approximate surface area is 136 Å². The monoisotopic (exact) mass is 304 g/mol. The van der Waals surface area contributed by atoms with E-state index in [1.54, 1.807) is 0 Å². The Morgan fingerprint density at radius 2 is 1.83 bits per heavy atom. The van der Waals surface area contributed by atoms with Crippen molar-refractivity contribution in [2.75, 3.05) is 24.6 Å². The second-order valence-electron chi connectivity index (χ2n) is 6.04. The van der Waals surface area contributed by atoms with Gasteiger partial charge in [0.25, 0.3) is 0 Å². The second kappa shape index (κ2) is 6.01. The SMILES string of the molecule is C[C@@H]1CN(c2cc(-c3ccccc3)c3ccccc3n2)CCO1. The predicted molar refractivity (Wildman–Crippen MR) is 94.8 cm³/mol. The van der Waals surface area contributed by atoms with Gasteiger partial charge in [0.05, 0.1) is 18.2 Å². The summed E-state index contributed by atoms with van der Waals surface area (Å²) in [5.41, 5.74) is 3.52. The van der Waals surface area contributed by atoms with Crippen molar-refractivity contribution in [3.63, 3.8) is 0 Å². The van der Waals surface area contributed by atoms with Crippen LogP contribution in [0.15, 0.2) is 60.7 Å². The van der Waals surface area contributed by atoms with Crippen molar-refractivity contribution < 1.29 is 4.74 Å². The summed E-state index contributed by atoms with van der Waals surface area (Å²) in [6.45, 7) is 4.66. The molecule has 0 saturated carbocycles. The third-order valence-corrected chi connectivity index (χ3v) is 4.35. The van der Waals surface area contributed by atoms with Crippen molar-refractivity contribution in [2.24, 2.45) is 0 Å². The molecule has 1 aliphatic rings. The van der Waals surface area contributed by atoms with E-state index in [2.05, 4.69) is 72.5 Å². The second-order valence-corrected chi connectivity index (χ2v) is 6.04. The summed E-state index contributed by atoms with van der Waals surface area (Å²) in [5.74, 6) is 1.04. The van der Waals surface area contributed by atoms with Crippen LogP contribution < -0.4 is 4.90 Å². The number of aromatic nitrogens is 1. The van der Waals surface area contributed by atoms with Gasteiger partial charge in [-0.25, -0.2) is 4.98 Å². The first-order valence-corrected chi connectivity index (χ1v) is 8.13. The van der Waals surface area contributed by atoms with Crippen LogP contribution in [-0.4, -0.2) is 30.8 Å². The van der Waals surface area contributed by atoms with E-state index < -0.39 is 0 Å². The van der Waals surface area contributed by atoms with E-state index in [0.717, 1.165) is 31.0 Å². The molecule has 1 aliphatic heterocycles. The molecule has 2 aromatic carbocycles. The third kappa shape index (κ3) is 2.80. The molecule has 3 aromatic rings. The largest absolute Gasteiger partial charge is 0.375 e. The Bertz CT molecular complexity index is 816. The van der Waals surface area contributed by atoms with E-state index in [9.17, 15) is 0 Å². The van der Waals surface area contributed by atoms with Crippen molar-refractivity contribution >= 4 is 16.7 Å². The van der Waals surface area contributed by atoms with Crippen LogP contribution in [0.1, 0.15) is 6.92 Å². The van der Waals surface area contributed by atoms with Crippen molar-refractivity contribution in [3.05, 3.63) is 60.7 Å². The summed E-state index contributed by atoms with van der Waals surface area (Å²) in [5, 5.41) is 1.20. The number of fused-ring (bicyclic) bond motifs is 1. The fraction of sp³-hybridized carbons (Fsp3) is 0.250. The highest BCUT2D eigenvalue weighted by atomic mass is 16.5. The van der Waals surface area contributed by atoms with Gasteiger partial charge in [-0.15, -0.1) is 0 Å². The van der Waals surface area contributed by atoms with Crippen LogP contribution in [0.3, 0.4) is 0 Å². The minimum absolute atomic E-state index is 0.247. The maximum absolute atomic E-state index is 5.66. The number of ether oxygens (including phenoxy) is 1. The number of hydrogen-bond donors (Lipinski definition) is 0. The first-order valence-electron chi connectivity index (χ1n) is 8.13. The van der Waals surface area contributed by atoms with Gasteiger partial charge in [-0.2, -0.15) is 0 Å². The quantitative estimate of drug-likeness (QED) is 0.712. The van der Waals surface area contributed by atoms with Crippen molar-refractivity contribution in [1.82, 2.24) is 4.98 Å². The summed E-state index contributed by atoms with van der Waals surface area (Å²) in [6.07, 6.45) is 0.247. The lowest BCUT2D eigenvalue weighted by Crippen LogP contribution is -2.41. The number of nitrogens with zero attached hydrogens (tertiary/aromatic N) is 2. The van der Waals surface area contributed by atoms with Crippen LogP contribution in [0, 0.1) is 0 Å². The smallest absolute Gasteiger partial charge is 0.130 e. The molecule has 0 spiro atoms. The Balaban J connectivity index is 1.87. The van der Waals surface area contributed by atoms with Crippen LogP contribution in [-0.2, 0) is 4.74 Å². The number of anilines is 1. The maximum Gasteiger partial charge on any atom is 0.130 e. The van der Waals surface area contributed by atoms with Gasteiger partial charge in [-0.3, -0.25) is 0 Å². The average molecular weight is 304 g/mol. The van der Waals surface area contributed by atoms with Gasteiger partial charge >= 0.3 is 0 Å². The van der Waals surface area contributed by atoms with Crippen molar-refractivity contribution in [3.8, 4) is 11.1 Å².